The third kappa shape index (κ3) is 2.90. The highest BCUT2D eigenvalue weighted by atomic mass is 32.1. The van der Waals surface area contributed by atoms with E-state index in [9.17, 15) is 24.8 Å². The van der Waals surface area contributed by atoms with Gasteiger partial charge in [-0.05, 0) is 24.3 Å². The molecule has 8 heteroatoms. The molecule has 0 aromatic carbocycles. The summed E-state index contributed by atoms with van der Waals surface area (Å²) in [6, 6.07) is 1.73. The van der Waals surface area contributed by atoms with Crippen molar-refractivity contribution < 1.29 is 19.6 Å². The van der Waals surface area contributed by atoms with E-state index in [0.29, 0.717) is 6.54 Å². The van der Waals surface area contributed by atoms with Gasteiger partial charge in [0.15, 0.2) is 0 Å². The second-order valence-electron chi connectivity index (χ2n) is 5.73. The van der Waals surface area contributed by atoms with Crippen molar-refractivity contribution in [3.63, 3.8) is 0 Å². The van der Waals surface area contributed by atoms with Crippen molar-refractivity contribution in [3.05, 3.63) is 27.1 Å². The smallest absolute Gasteiger partial charge is 0.326 e. The Morgan fingerprint density at radius 3 is 2.67 bits per heavy atom. The monoisotopic (exact) mass is 312 g/mol. The maximum atomic E-state index is 12.5. The molecule has 1 amide bonds. The number of carboxylic acid groups (broad SMARTS) is 1. The van der Waals surface area contributed by atoms with Gasteiger partial charge in [-0.2, -0.15) is 0 Å². The summed E-state index contributed by atoms with van der Waals surface area (Å²) in [5.41, 5.74) is -0.525. The fourth-order valence-electron chi connectivity index (χ4n) is 2.76. The first-order valence-corrected chi connectivity index (χ1v) is 7.33. The van der Waals surface area contributed by atoms with Crippen LogP contribution in [0.25, 0.3) is 0 Å². The Morgan fingerprint density at radius 2 is 2.14 bits per heavy atom. The van der Waals surface area contributed by atoms with Crippen LogP contribution >= 0.6 is 11.3 Å². The largest absolute Gasteiger partial charge is 0.480 e. The van der Waals surface area contributed by atoms with Crippen LogP contribution in [0.4, 0.5) is 5.00 Å². The van der Waals surface area contributed by atoms with Crippen LogP contribution in [0.2, 0.25) is 0 Å². The molecule has 1 aromatic heterocycles. The van der Waals surface area contributed by atoms with Crippen LogP contribution in [0.5, 0.6) is 0 Å². The highest BCUT2D eigenvalue weighted by Crippen LogP contribution is 2.37. The van der Waals surface area contributed by atoms with Crippen molar-refractivity contribution in [2.45, 2.75) is 32.7 Å². The number of nitrogens with zero attached hydrogens (tertiary/aromatic N) is 2. The van der Waals surface area contributed by atoms with Crippen LogP contribution in [0.3, 0.4) is 0 Å². The first kappa shape index (κ1) is 15.4. The number of nitro groups is 1. The van der Waals surface area contributed by atoms with Gasteiger partial charge in [0.2, 0.25) is 0 Å². The molecule has 2 heterocycles. The average molecular weight is 312 g/mol. The van der Waals surface area contributed by atoms with Gasteiger partial charge in [0.25, 0.3) is 5.91 Å². The number of piperidine rings is 1. The fraction of sp³-hybridized carbons (Fsp3) is 0.538. The molecule has 7 nitrogen and oxygen atoms in total. The Morgan fingerprint density at radius 1 is 1.48 bits per heavy atom. The molecule has 0 radical (unpaired) electrons. The normalized spacial score (nSPS) is 21.0. The summed E-state index contributed by atoms with van der Waals surface area (Å²) >= 11 is 0.773. The first-order valence-electron chi connectivity index (χ1n) is 6.52. The predicted molar refractivity (Wildman–Crippen MR) is 76.4 cm³/mol. The minimum atomic E-state index is -1.04. The average Bonchev–Trinajstić information content (AvgIpc) is 2.85. The second kappa shape index (κ2) is 5.44. The zero-order valence-corrected chi connectivity index (χ0v) is 12.6. The lowest BCUT2D eigenvalue weighted by molar-refractivity contribution is -0.380. The van der Waals surface area contributed by atoms with E-state index in [-0.39, 0.29) is 9.88 Å². The van der Waals surface area contributed by atoms with Gasteiger partial charge in [0.1, 0.15) is 6.04 Å². The minimum Gasteiger partial charge on any atom is -0.480 e. The van der Waals surface area contributed by atoms with Gasteiger partial charge in [-0.3, -0.25) is 14.9 Å². The Labute approximate surface area is 125 Å². The number of carboxylic acids is 1. The van der Waals surface area contributed by atoms with Crippen LogP contribution in [-0.4, -0.2) is 39.4 Å². The molecule has 1 atom stereocenters. The molecular weight excluding hydrogens is 296 g/mol. The molecule has 114 valence electrons. The van der Waals surface area contributed by atoms with E-state index in [1.54, 1.807) is 0 Å². The summed E-state index contributed by atoms with van der Waals surface area (Å²) in [4.78, 5) is 35.7. The van der Waals surface area contributed by atoms with E-state index in [1.807, 2.05) is 13.8 Å². The first-order chi connectivity index (χ1) is 9.74. The van der Waals surface area contributed by atoms with Crippen molar-refractivity contribution in [1.29, 1.82) is 0 Å². The highest BCUT2D eigenvalue weighted by Gasteiger charge is 2.45. The lowest BCUT2D eigenvalue weighted by Crippen LogP contribution is -2.56. The summed E-state index contributed by atoms with van der Waals surface area (Å²) in [6.07, 6.45) is 1.44. The molecule has 0 bridgehead atoms. The Kier molecular flexibility index (Phi) is 3.99. The van der Waals surface area contributed by atoms with Gasteiger partial charge < -0.3 is 10.0 Å². The topological polar surface area (TPSA) is 101 Å². The number of aliphatic carboxylic acids is 1. The maximum absolute atomic E-state index is 12.5. The summed E-state index contributed by atoms with van der Waals surface area (Å²) < 4.78 is 0. The van der Waals surface area contributed by atoms with Crippen LogP contribution in [0.1, 0.15) is 36.4 Å². The maximum Gasteiger partial charge on any atom is 0.326 e. The van der Waals surface area contributed by atoms with E-state index in [0.717, 1.165) is 24.2 Å². The van der Waals surface area contributed by atoms with Crippen LogP contribution < -0.4 is 0 Å². The molecule has 2 rings (SSSR count). The van der Waals surface area contributed by atoms with Crippen LogP contribution in [-0.2, 0) is 4.79 Å². The number of amides is 1. The van der Waals surface area contributed by atoms with Gasteiger partial charge in [-0.25, -0.2) is 4.79 Å². The van der Waals surface area contributed by atoms with Gasteiger partial charge >= 0.3 is 11.0 Å². The van der Waals surface area contributed by atoms with E-state index >= 15 is 0 Å². The van der Waals surface area contributed by atoms with E-state index < -0.39 is 28.3 Å². The van der Waals surface area contributed by atoms with Crippen molar-refractivity contribution >= 4 is 28.2 Å². The third-order valence-electron chi connectivity index (χ3n) is 3.75. The fourth-order valence-corrected chi connectivity index (χ4v) is 3.54. The van der Waals surface area contributed by atoms with Crippen molar-refractivity contribution in [2.24, 2.45) is 5.41 Å². The molecular formula is C13H16N2O5S. The predicted octanol–water partition coefficient (Wildman–Crippen LogP) is 2.37. The number of carbonyl (C=O) groups excluding carboxylic acids is 1. The molecule has 21 heavy (non-hydrogen) atoms. The molecule has 0 saturated carbocycles. The van der Waals surface area contributed by atoms with E-state index in [1.165, 1.54) is 17.0 Å². The van der Waals surface area contributed by atoms with Crippen molar-refractivity contribution in [2.75, 3.05) is 6.54 Å². The Bertz CT molecular complexity index is 595. The quantitative estimate of drug-likeness (QED) is 0.682. The SMILES string of the molecule is CC1(C)CCCN(C(=O)c2ccc([N+](=O)[O-])s2)C1C(=O)O. The molecule has 1 N–H and O–H groups in total. The van der Waals surface area contributed by atoms with Crippen LogP contribution in [0.15, 0.2) is 12.1 Å². The molecule has 1 aliphatic rings. The molecule has 0 spiro atoms. The molecule has 0 aliphatic carbocycles. The second-order valence-corrected chi connectivity index (χ2v) is 6.79. The molecule has 1 saturated heterocycles. The highest BCUT2D eigenvalue weighted by molar-refractivity contribution is 7.17. The molecule has 1 unspecified atom stereocenters. The molecule has 1 aromatic rings. The summed E-state index contributed by atoms with van der Waals surface area (Å²) in [5, 5.41) is 20.0. The number of likely N-dealkylation sites (tertiary alicyclic amines) is 1. The van der Waals surface area contributed by atoms with E-state index in [4.69, 9.17) is 0 Å². The zero-order chi connectivity index (χ0) is 15.8. The Balaban J connectivity index is 2.31. The van der Waals surface area contributed by atoms with Crippen molar-refractivity contribution in [1.82, 2.24) is 4.90 Å². The van der Waals surface area contributed by atoms with Gasteiger partial charge in [0, 0.05) is 12.6 Å². The number of hydrogen-bond acceptors (Lipinski definition) is 5. The van der Waals surface area contributed by atoms with Gasteiger partial charge in [0.05, 0.1) is 9.80 Å². The molecule has 1 aliphatic heterocycles. The standard InChI is InChI=1S/C13H16N2O5S/c1-13(2)6-3-7-14(10(13)12(17)18)11(16)8-4-5-9(21-8)15(19)20/h4-5,10H,3,6-7H2,1-2H3,(H,17,18). The third-order valence-corrected chi connectivity index (χ3v) is 4.77. The van der Waals surface area contributed by atoms with Gasteiger partial charge in [-0.1, -0.05) is 25.2 Å². The molecule has 1 fully saturated rings. The Hall–Kier alpha value is -1.96. The number of thiophene rings is 1. The summed E-state index contributed by atoms with van der Waals surface area (Å²) in [7, 11) is 0. The lowest BCUT2D eigenvalue weighted by atomic mass is 9.76. The number of carbonyl (C=O) groups is 2. The number of rotatable bonds is 3. The zero-order valence-electron chi connectivity index (χ0n) is 11.7. The van der Waals surface area contributed by atoms with E-state index in [2.05, 4.69) is 0 Å². The lowest BCUT2D eigenvalue weighted by Gasteiger charge is -2.43. The summed E-state index contributed by atoms with van der Waals surface area (Å²) in [5.74, 6) is -1.49. The minimum absolute atomic E-state index is 0.124. The summed E-state index contributed by atoms with van der Waals surface area (Å²) in [6.45, 7) is 4.00. The van der Waals surface area contributed by atoms with Gasteiger partial charge in [-0.15, -0.1) is 0 Å². The van der Waals surface area contributed by atoms with Crippen LogP contribution in [0, 0.1) is 15.5 Å². The van der Waals surface area contributed by atoms with Crippen molar-refractivity contribution in [3.8, 4) is 0 Å². The number of hydrogen-bond donors (Lipinski definition) is 1.